The van der Waals surface area contributed by atoms with E-state index in [1.807, 2.05) is 12.2 Å². The molecule has 0 aromatic rings. The molecule has 1 rings (SSSR count). The van der Waals surface area contributed by atoms with Gasteiger partial charge >= 0.3 is 19.8 Å². The van der Waals surface area contributed by atoms with E-state index in [1.54, 1.807) is 12.2 Å². The fourth-order valence-electron chi connectivity index (χ4n) is 6.44. The van der Waals surface area contributed by atoms with E-state index in [0.29, 0.717) is 32.1 Å². The molecule has 0 aliphatic heterocycles. The summed E-state index contributed by atoms with van der Waals surface area (Å²) in [4.78, 5) is 55.5. The summed E-state index contributed by atoms with van der Waals surface area (Å²) < 4.78 is 26.3. The number of aliphatic hydroxyl groups is 2. The maximum Gasteiger partial charge on any atom is 0.469 e. The number of aliphatic hydroxyl groups excluding tert-OH is 2. The van der Waals surface area contributed by atoms with E-state index in [-0.39, 0.29) is 37.6 Å². The molecule has 5 atom stereocenters. The smallest absolute Gasteiger partial charge is 0.462 e. The molecule has 11 nitrogen and oxygen atoms in total. The Kier molecular flexibility index (Phi) is 30.1. The number of phosphoric acid groups is 1. The van der Waals surface area contributed by atoms with Crippen molar-refractivity contribution >= 4 is 25.5 Å². The quantitative estimate of drug-likeness (QED) is 0.0211. The molecular formula is C43H73O11P. The average molecular weight is 797 g/mol. The first-order valence-corrected chi connectivity index (χ1v) is 22.6. The highest BCUT2D eigenvalue weighted by Crippen LogP contribution is 2.36. The maximum absolute atomic E-state index is 12.5. The number of rotatable bonds is 34. The Balaban J connectivity index is 2.29. The number of phosphoric ester groups is 1. The third-order valence-corrected chi connectivity index (χ3v) is 10.2. The molecule has 1 saturated carbocycles. The molecule has 4 N–H and O–H groups in total. The van der Waals surface area contributed by atoms with Gasteiger partial charge in [0.05, 0.1) is 18.8 Å². The van der Waals surface area contributed by atoms with Crippen molar-refractivity contribution in [3.8, 4) is 0 Å². The molecule has 0 bridgehead atoms. The first-order chi connectivity index (χ1) is 26.5. The van der Waals surface area contributed by atoms with Gasteiger partial charge in [-0.1, -0.05) is 127 Å². The molecule has 0 unspecified atom stereocenters. The van der Waals surface area contributed by atoms with Crippen LogP contribution in [0.4, 0.5) is 0 Å². The summed E-state index contributed by atoms with van der Waals surface area (Å²) >= 11 is 0. The second-order valence-electron chi connectivity index (χ2n) is 14.7. The van der Waals surface area contributed by atoms with Gasteiger partial charge in [0.25, 0.3) is 0 Å². The van der Waals surface area contributed by atoms with E-state index in [9.17, 15) is 29.2 Å². The zero-order valence-corrected chi connectivity index (χ0v) is 34.7. The molecule has 0 saturated heterocycles. The van der Waals surface area contributed by atoms with Gasteiger partial charge in [-0.25, -0.2) is 4.57 Å². The van der Waals surface area contributed by atoms with Crippen molar-refractivity contribution < 1.29 is 52.9 Å². The van der Waals surface area contributed by atoms with Gasteiger partial charge in [0.15, 0.2) is 6.10 Å². The summed E-state index contributed by atoms with van der Waals surface area (Å²) in [5, 5.41) is 20.6. The third-order valence-electron chi connectivity index (χ3n) is 9.70. The Labute approximate surface area is 331 Å². The average Bonchev–Trinajstić information content (AvgIpc) is 3.41. The molecule has 12 heteroatoms. The molecule has 0 aromatic carbocycles. The molecule has 55 heavy (non-hydrogen) atoms. The van der Waals surface area contributed by atoms with Crippen LogP contribution in [0, 0.1) is 11.8 Å². The van der Waals surface area contributed by atoms with E-state index in [1.165, 1.54) is 38.5 Å². The minimum absolute atomic E-state index is 0.0340. The molecule has 0 radical (unpaired) electrons. The summed E-state index contributed by atoms with van der Waals surface area (Å²) in [6.45, 7) is 3.32. The van der Waals surface area contributed by atoms with Crippen LogP contribution in [0.2, 0.25) is 0 Å². The summed E-state index contributed by atoms with van der Waals surface area (Å²) in [7, 11) is -4.82. The molecule has 1 aliphatic rings. The highest BCUT2D eigenvalue weighted by atomic mass is 31.2. The van der Waals surface area contributed by atoms with Crippen molar-refractivity contribution in [3.63, 3.8) is 0 Å². The standard InChI is InChI=1S/C43H73O11P/c1-3-5-7-8-9-10-11-12-13-14-15-16-17-18-19-20-26-30-43(48)54-37(35-53-55(49,50)51)34-52-42(47)29-25-22-21-24-28-38-39(41(46)33-40(38)45)32-31-36(44)27-23-6-4-2/h9-10,12-13,21,24,31-32,36-40,44-45H,3-8,11,14-20,22-23,25-30,33-35H2,1-2H3,(H2,49,50,51)/b10-9-,13-12-,24-21-,32-31+/t36-,37+,38+,39+,40-/m0/s1. The van der Waals surface area contributed by atoms with E-state index in [2.05, 4.69) is 42.7 Å². The number of esters is 2. The molecule has 0 aromatic heterocycles. The van der Waals surface area contributed by atoms with Gasteiger partial charge in [-0.3, -0.25) is 18.9 Å². The Morgan fingerprint density at radius 2 is 1.35 bits per heavy atom. The minimum Gasteiger partial charge on any atom is -0.462 e. The zero-order valence-electron chi connectivity index (χ0n) is 33.8. The fraction of sp³-hybridized carbons (Fsp3) is 0.744. The van der Waals surface area contributed by atoms with Gasteiger partial charge in [-0.15, -0.1) is 0 Å². The molecule has 1 fully saturated rings. The van der Waals surface area contributed by atoms with Gasteiger partial charge in [-0.2, -0.15) is 0 Å². The molecule has 0 amide bonds. The lowest BCUT2D eigenvalue weighted by Crippen LogP contribution is -2.29. The second kappa shape index (κ2) is 32.7. The van der Waals surface area contributed by atoms with Crippen LogP contribution in [0.3, 0.4) is 0 Å². The van der Waals surface area contributed by atoms with Crippen LogP contribution in [0.25, 0.3) is 0 Å². The van der Waals surface area contributed by atoms with Gasteiger partial charge in [0.1, 0.15) is 12.4 Å². The Bertz CT molecular complexity index is 1190. The van der Waals surface area contributed by atoms with E-state index in [4.69, 9.17) is 19.3 Å². The predicted octanol–water partition coefficient (Wildman–Crippen LogP) is 9.32. The van der Waals surface area contributed by atoms with Gasteiger partial charge in [-0.05, 0) is 64.2 Å². The number of Topliss-reactive ketones (excluding diaryl/α,β-unsaturated/α-hetero) is 1. The van der Waals surface area contributed by atoms with Gasteiger partial charge in [0.2, 0.25) is 0 Å². The van der Waals surface area contributed by atoms with Crippen molar-refractivity contribution in [1.29, 1.82) is 0 Å². The van der Waals surface area contributed by atoms with Crippen molar-refractivity contribution in [2.75, 3.05) is 13.2 Å². The Morgan fingerprint density at radius 1 is 0.764 bits per heavy atom. The van der Waals surface area contributed by atoms with Crippen LogP contribution in [0.15, 0.2) is 48.6 Å². The third kappa shape index (κ3) is 28.6. The lowest BCUT2D eigenvalue weighted by atomic mass is 9.90. The van der Waals surface area contributed by atoms with E-state index < -0.39 is 50.6 Å². The first-order valence-electron chi connectivity index (χ1n) is 21.0. The van der Waals surface area contributed by atoms with Crippen molar-refractivity contribution in [1.82, 2.24) is 0 Å². The van der Waals surface area contributed by atoms with Gasteiger partial charge in [0, 0.05) is 31.1 Å². The molecule has 316 valence electrons. The topological polar surface area (TPSA) is 177 Å². The van der Waals surface area contributed by atoms with Crippen molar-refractivity contribution in [3.05, 3.63) is 48.6 Å². The number of carbonyl (C=O) groups is 3. The van der Waals surface area contributed by atoms with Crippen LogP contribution in [-0.4, -0.2) is 69.2 Å². The molecule has 0 heterocycles. The summed E-state index contributed by atoms with van der Waals surface area (Å²) in [5.41, 5.74) is 0. The number of hydrogen-bond donors (Lipinski definition) is 4. The largest absolute Gasteiger partial charge is 0.469 e. The zero-order chi connectivity index (χ0) is 40.6. The van der Waals surface area contributed by atoms with Crippen molar-refractivity contribution in [2.24, 2.45) is 11.8 Å². The number of carbonyl (C=O) groups excluding carboxylic acids is 3. The number of ether oxygens (including phenoxy) is 2. The lowest BCUT2D eigenvalue weighted by molar-refractivity contribution is -0.161. The normalized spacial score (nSPS) is 19.0. The molecular weight excluding hydrogens is 723 g/mol. The Hall–Kier alpha value is -2.40. The number of allylic oxidation sites excluding steroid dienone is 7. The lowest BCUT2D eigenvalue weighted by Gasteiger charge is -2.18. The van der Waals surface area contributed by atoms with Crippen LogP contribution < -0.4 is 0 Å². The Morgan fingerprint density at radius 3 is 2.02 bits per heavy atom. The highest BCUT2D eigenvalue weighted by molar-refractivity contribution is 7.46. The SMILES string of the molecule is CCCCC/C=C\C/C=C\CCCCCCCCCC(=O)O[C@H](COC(=O)CCC/C=C\C[C@H]1[C@@H](O)CC(=O)[C@@H]1/C=C/[C@@H](O)CCCCC)COP(=O)(O)O. The molecule has 1 aliphatic carbocycles. The van der Waals surface area contributed by atoms with Gasteiger partial charge < -0.3 is 29.5 Å². The number of hydrogen-bond acceptors (Lipinski definition) is 9. The maximum atomic E-state index is 12.5. The van der Waals surface area contributed by atoms with E-state index >= 15 is 0 Å². The first kappa shape index (κ1) is 50.6. The second-order valence-corrected chi connectivity index (χ2v) is 16.0. The predicted molar refractivity (Wildman–Crippen MR) is 217 cm³/mol. The highest BCUT2D eigenvalue weighted by Gasteiger charge is 2.39. The van der Waals surface area contributed by atoms with Crippen LogP contribution in [0.5, 0.6) is 0 Å². The van der Waals surface area contributed by atoms with Crippen molar-refractivity contribution in [2.45, 2.75) is 180 Å². The monoisotopic (exact) mass is 796 g/mol. The molecule has 0 spiro atoms. The number of unbranched alkanes of at least 4 members (excludes halogenated alkanes) is 13. The fourth-order valence-corrected chi connectivity index (χ4v) is 6.80. The van der Waals surface area contributed by atoms with Crippen LogP contribution in [-0.2, 0) is 32.9 Å². The van der Waals surface area contributed by atoms with Crippen LogP contribution >= 0.6 is 7.82 Å². The van der Waals surface area contributed by atoms with E-state index in [0.717, 1.165) is 57.8 Å². The minimum atomic E-state index is -4.82. The number of ketones is 1. The summed E-state index contributed by atoms with van der Waals surface area (Å²) in [6.07, 6.45) is 33.4. The summed E-state index contributed by atoms with van der Waals surface area (Å²) in [6, 6.07) is 0. The summed E-state index contributed by atoms with van der Waals surface area (Å²) in [5.74, 6) is -1.84. The van der Waals surface area contributed by atoms with Crippen LogP contribution in [0.1, 0.15) is 162 Å².